The zero-order valence-electron chi connectivity index (χ0n) is 20.6. The van der Waals surface area contributed by atoms with E-state index in [4.69, 9.17) is 9.16 Å². The molecule has 0 aromatic carbocycles. The third-order valence-electron chi connectivity index (χ3n) is 6.23. The molecule has 0 saturated heterocycles. The second-order valence-electron chi connectivity index (χ2n) is 10.1. The van der Waals surface area contributed by atoms with E-state index in [9.17, 15) is 5.11 Å². The lowest BCUT2D eigenvalue weighted by molar-refractivity contribution is 0.0356. The summed E-state index contributed by atoms with van der Waals surface area (Å²) >= 11 is 0. The Labute approximate surface area is 183 Å². The summed E-state index contributed by atoms with van der Waals surface area (Å²) in [5, 5.41) is 9.70. The molecule has 0 fully saturated rings. The molecule has 1 N–H and O–H groups in total. The Hall–Kier alpha value is -0.323. The van der Waals surface area contributed by atoms with Crippen LogP contribution in [0.15, 0.2) is 12.3 Å². The Morgan fingerprint density at radius 2 is 1.31 bits per heavy atom. The Morgan fingerprint density at radius 1 is 0.828 bits per heavy atom. The van der Waals surface area contributed by atoms with E-state index >= 15 is 0 Å². The van der Waals surface area contributed by atoms with Crippen LogP contribution in [-0.2, 0) is 9.16 Å². The Balaban J connectivity index is 3.60. The van der Waals surface area contributed by atoms with Gasteiger partial charge in [-0.15, -0.1) is 0 Å². The number of hydrogen-bond acceptors (Lipinski definition) is 3. The summed E-state index contributed by atoms with van der Waals surface area (Å²) in [4.78, 5) is 0. The Kier molecular flexibility index (Phi) is 17.2. The number of hydrogen-bond donors (Lipinski definition) is 1. The summed E-state index contributed by atoms with van der Waals surface area (Å²) in [6.45, 7) is 13.9. The highest BCUT2D eigenvalue weighted by Crippen LogP contribution is 2.36. The molecule has 1 unspecified atom stereocenters. The topological polar surface area (TPSA) is 38.7 Å². The molecule has 1 atom stereocenters. The fourth-order valence-electron chi connectivity index (χ4n) is 2.99. The molecule has 0 heterocycles. The van der Waals surface area contributed by atoms with E-state index < -0.39 is 8.32 Å². The number of unbranched alkanes of at least 4 members (excludes halogenated alkanes) is 12. The molecule has 4 heteroatoms. The van der Waals surface area contributed by atoms with Gasteiger partial charge >= 0.3 is 0 Å². The van der Waals surface area contributed by atoms with Crippen LogP contribution in [0.5, 0.6) is 0 Å². The van der Waals surface area contributed by atoms with Crippen LogP contribution in [0.2, 0.25) is 18.1 Å². The van der Waals surface area contributed by atoms with Crippen molar-refractivity contribution in [1.82, 2.24) is 0 Å². The first-order valence-corrected chi connectivity index (χ1v) is 15.2. The predicted molar refractivity (Wildman–Crippen MR) is 130 cm³/mol. The summed E-state index contributed by atoms with van der Waals surface area (Å²) in [6.07, 6.45) is 21.2. The molecule has 0 spiro atoms. The summed E-state index contributed by atoms with van der Waals surface area (Å²) < 4.78 is 11.8. The van der Waals surface area contributed by atoms with E-state index in [1.807, 2.05) is 0 Å². The van der Waals surface area contributed by atoms with Gasteiger partial charge in [0.25, 0.3) is 0 Å². The molecule has 0 saturated carbocycles. The highest BCUT2D eigenvalue weighted by Gasteiger charge is 2.37. The van der Waals surface area contributed by atoms with Crippen LogP contribution >= 0.6 is 0 Å². The van der Waals surface area contributed by atoms with Crippen molar-refractivity contribution in [3.8, 4) is 0 Å². The maximum atomic E-state index is 9.52. The number of rotatable bonds is 19. The molecule has 0 rings (SSSR count). The fourth-order valence-corrected chi connectivity index (χ4v) is 4.03. The van der Waals surface area contributed by atoms with Gasteiger partial charge in [0.2, 0.25) is 0 Å². The van der Waals surface area contributed by atoms with Crippen LogP contribution in [0.3, 0.4) is 0 Å². The lowest BCUT2D eigenvalue weighted by Crippen LogP contribution is -2.43. The maximum Gasteiger partial charge on any atom is 0.192 e. The lowest BCUT2D eigenvalue weighted by Gasteiger charge is -2.36. The van der Waals surface area contributed by atoms with Crippen molar-refractivity contribution in [2.24, 2.45) is 0 Å². The van der Waals surface area contributed by atoms with E-state index in [1.165, 1.54) is 77.0 Å². The number of aliphatic hydroxyl groups is 1. The van der Waals surface area contributed by atoms with Crippen molar-refractivity contribution in [2.45, 2.75) is 135 Å². The van der Waals surface area contributed by atoms with Gasteiger partial charge in [-0.2, -0.15) is 0 Å². The van der Waals surface area contributed by atoms with Crippen LogP contribution in [0.1, 0.15) is 111 Å². The summed E-state index contributed by atoms with van der Waals surface area (Å²) in [7, 11) is -1.79. The quantitative estimate of drug-likeness (QED) is 0.129. The van der Waals surface area contributed by atoms with Gasteiger partial charge in [-0.05, 0) is 37.0 Å². The van der Waals surface area contributed by atoms with Crippen LogP contribution in [0, 0.1) is 0 Å². The standard InChI is InChI=1S/C25H52O3Si/c1-7-8-9-10-11-12-13-14-15-16-17-18-19-20-21-27-24(22-26)23-28-29(5,6)25(2,3)4/h20-21,24,26H,7-19,22-23H2,1-6H3/b21-20-. The second-order valence-corrected chi connectivity index (χ2v) is 14.9. The van der Waals surface area contributed by atoms with Gasteiger partial charge < -0.3 is 14.3 Å². The van der Waals surface area contributed by atoms with E-state index in [2.05, 4.69) is 46.9 Å². The lowest BCUT2D eigenvalue weighted by atomic mass is 10.0. The zero-order chi connectivity index (χ0) is 22.0. The molecule has 0 aromatic rings. The Morgan fingerprint density at radius 3 is 1.76 bits per heavy atom. The minimum atomic E-state index is -1.79. The van der Waals surface area contributed by atoms with Gasteiger partial charge in [0.1, 0.15) is 6.10 Å². The minimum absolute atomic E-state index is 0.00241. The predicted octanol–water partition coefficient (Wildman–Crippen LogP) is 7.99. The molecule has 0 radical (unpaired) electrons. The van der Waals surface area contributed by atoms with Gasteiger partial charge in [0.05, 0.1) is 19.5 Å². The molecule has 0 aliphatic heterocycles. The van der Waals surface area contributed by atoms with Crippen LogP contribution in [0.25, 0.3) is 0 Å². The summed E-state index contributed by atoms with van der Waals surface area (Å²) in [5.41, 5.74) is 0. The highest BCUT2D eigenvalue weighted by molar-refractivity contribution is 6.74. The van der Waals surface area contributed by atoms with Gasteiger partial charge in [0, 0.05) is 0 Å². The van der Waals surface area contributed by atoms with Crippen molar-refractivity contribution >= 4 is 8.32 Å². The number of ether oxygens (including phenoxy) is 1. The smallest absolute Gasteiger partial charge is 0.192 e. The van der Waals surface area contributed by atoms with Gasteiger partial charge in [-0.1, -0.05) is 98.3 Å². The summed E-state index contributed by atoms with van der Waals surface area (Å²) in [6, 6.07) is 0. The maximum absolute atomic E-state index is 9.52. The molecule has 174 valence electrons. The van der Waals surface area contributed by atoms with Crippen molar-refractivity contribution in [3.63, 3.8) is 0 Å². The average Bonchev–Trinajstić information content (AvgIpc) is 2.66. The third-order valence-corrected chi connectivity index (χ3v) is 10.7. The van der Waals surface area contributed by atoms with Crippen molar-refractivity contribution in [2.75, 3.05) is 13.2 Å². The SMILES string of the molecule is CCCCCCCCCCCCCC/C=C\OC(CO)CO[Si](C)(C)C(C)(C)C. The highest BCUT2D eigenvalue weighted by atomic mass is 28.4. The van der Waals surface area contributed by atoms with Crippen LogP contribution < -0.4 is 0 Å². The van der Waals surface area contributed by atoms with Crippen LogP contribution in [-0.4, -0.2) is 32.7 Å². The monoisotopic (exact) mass is 428 g/mol. The first-order chi connectivity index (χ1) is 13.7. The first-order valence-electron chi connectivity index (χ1n) is 12.3. The van der Waals surface area contributed by atoms with Gasteiger partial charge in [-0.25, -0.2) is 0 Å². The molecule has 0 aromatic heterocycles. The zero-order valence-corrected chi connectivity index (χ0v) is 21.6. The van der Waals surface area contributed by atoms with E-state index in [0.717, 1.165) is 6.42 Å². The normalized spacial score (nSPS) is 13.9. The van der Waals surface area contributed by atoms with Crippen molar-refractivity contribution < 1.29 is 14.3 Å². The number of aliphatic hydroxyl groups excluding tert-OH is 1. The largest absolute Gasteiger partial charge is 0.494 e. The minimum Gasteiger partial charge on any atom is -0.494 e. The molecule has 0 amide bonds. The molecular weight excluding hydrogens is 376 g/mol. The fraction of sp³-hybridized carbons (Fsp3) is 0.920. The average molecular weight is 429 g/mol. The third kappa shape index (κ3) is 16.1. The molecule has 3 nitrogen and oxygen atoms in total. The van der Waals surface area contributed by atoms with Crippen LogP contribution in [0.4, 0.5) is 0 Å². The van der Waals surface area contributed by atoms with E-state index in [0.29, 0.717) is 6.61 Å². The molecule has 0 aliphatic rings. The van der Waals surface area contributed by atoms with E-state index in [1.54, 1.807) is 6.26 Å². The van der Waals surface area contributed by atoms with Gasteiger partial charge in [-0.3, -0.25) is 0 Å². The summed E-state index contributed by atoms with van der Waals surface area (Å²) in [5.74, 6) is 0. The van der Waals surface area contributed by atoms with Crippen molar-refractivity contribution in [1.29, 1.82) is 0 Å². The molecule has 0 aliphatic carbocycles. The first kappa shape index (κ1) is 28.7. The molecular formula is C25H52O3Si. The second kappa shape index (κ2) is 17.4. The van der Waals surface area contributed by atoms with Crippen molar-refractivity contribution in [3.05, 3.63) is 12.3 Å². The molecule has 0 bridgehead atoms. The number of allylic oxidation sites excluding steroid dienone is 1. The molecule has 29 heavy (non-hydrogen) atoms. The van der Waals surface area contributed by atoms with E-state index in [-0.39, 0.29) is 17.7 Å². The Bertz CT molecular complexity index is 388. The van der Waals surface area contributed by atoms with Gasteiger partial charge in [0.15, 0.2) is 8.32 Å².